The number of nitrogens with two attached hydrogens (primary N) is 1. The maximum Gasteiger partial charge on any atom is 0.237 e. The summed E-state index contributed by atoms with van der Waals surface area (Å²) in [5, 5.41) is 10.1. The molecule has 10 heteroatoms. The largest absolute Gasteiger partial charge is 0.369 e. The molecule has 0 unspecified atom stereocenters. The van der Waals surface area contributed by atoms with Crippen LogP contribution in [-0.4, -0.2) is 33.0 Å². The Balaban J connectivity index is 1.89. The molecule has 1 atom stereocenters. The summed E-state index contributed by atoms with van der Waals surface area (Å²) in [5.41, 5.74) is 5.46. The zero-order chi connectivity index (χ0) is 16.8. The van der Waals surface area contributed by atoms with Gasteiger partial charge in [0.25, 0.3) is 0 Å². The van der Waals surface area contributed by atoms with E-state index in [0.717, 1.165) is 0 Å². The Morgan fingerprint density at radius 1 is 1.39 bits per heavy atom. The average Bonchev–Trinajstić information content (AvgIpc) is 2.92. The van der Waals surface area contributed by atoms with Crippen LogP contribution in [0.2, 0.25) is 0 Å². The third-order valence-corrected chi connectivity index (χ3v) is 5.73. The number of anilines is 1. The van der Waals surface area contributed by atoms with Gasteiger partial charge in [-0.1, -0.05) is 40.9 Å². The SMILES string of the molecule is C[C@@H](Sc1nnc(SCC(N)=O)s1)C(=O)Nc1cccc(F)c1. The van der Waals surface area contributed by atoms with Crippen molar-refractivity contribution in [3.8, 4) is 0 Å². The molecule has 2 amide bonds. The third-order valence-electron chi connectivity index (χ3n) is 2.46. The third kappa shape index (κ3) is 5.81. The number of halogens is 1. The second-order valence-corrected chi connectivity index (χ2v) is 8.14. The highest BCUT2D eigenvalue weighted by molar-refractivity contribution is 8.04. The van der Waals surface area contributed by atoms with Crippen molar-refractivity contribution in [2.24, 2.45) is 5.73 Å². The van der Waals surface area contributed by atoms with E-state index in [1.54, 1.807) is 13.0 Å². The number of carbonyl (C=O) groups excluding carboxylic acids is 2. The van der Waals surface area contributed by atoms with Gasteiger partial charge >= 0.3 is 0 Å². The Labute approximate surface area is 144 Å². The van der Waals surface area contributed by atoms with Gasteiger partial charge in [-0.05, 0) is 25.1 Å². The van der Waals surface area contributed by atoms with Crippen LogP contribution in [0.4, 0.5) is 10.1 Å². The molecule has 0 bridgehead atoms. The minimum atomic E-state index is -0.430. The fourth-order valence-corrected chi connectivity index (χ4v) is 4.35. The lowest BCUT2D eigenvalue weighted by Crippen LogP contribution is -2.22. The summed E-state index contributed by atoms with van der Waals surface area (Å²) in [4.78, 5) is 22.8. The number of nitrogens with one attached hydrogen (secondary N) is 1. The Morgan fingerprint density at radius 2 is 2.13 bits per heavy atom. The number of benzene rings is 1. The Morgan fingerprint density at radius 3 is 2.83 bits per heavy atom. The molecule has 122 valence electrons. The average molecular weight is 372 g/mol. The summed E-state index contributed by atoms with van der Waals surface area (Å²) < 4.78 is 14.3. The number of hydrogen-bond acceptors (Lipinski definition) is 7. The number of carbonyl (C=O) groups is 2. The van der Waals surface area contributed by atoms with Crippen LogP contribution >= 0.6 is 34.9 Å². The van der Waals surface area contributed by atoms with E-state index < -0.39 is 17.0 Å². The molecule has 1 aromatic heterocycles. The minimum absolute atomic E-state index is 0.134. The predicted molar refractivity (Wildman–Crippen MR) is 90.2 cm³/mol. The molecule has 23 heavy (non-hydrogen) atoms. The molecular weight excluding hydrogens is 359 g/mol. The van der Waals surface area contributed by atoms with Crippen molar-refractivity contribution in [2.75, 3.05) is 11.1 Å². The smallest absolute Gasteiger partial charge is 0.237 e. The predicted octanol–water partition coefficient (Wildman–Crippen LogP) is 2.37. The van der Waals surface area contributed by atoms with Crippen LogP contribution in [0.5, 0.6) is 0 Å². The fourth-order valence-electron chi connectivity index (χ4n) is 1.45. The monoisotopic (exact) mass is 372 g/mol. The van der Waals surface area contributed by atoms with Crippen molar-refractivity contribution in [1.29, 1.82) is 0 Å². The summed E-state index contributed by atoms with van der Waals surface area (Å²) in [6, 6.07) is 5.69. The highest BCUT2D eigenvalue weighted by atomic mass is 32.2. The van der Waals surface area contributed by atoms with E-state index in [2.05, 4.69) is 15.5 Å². The number of thioether (sulfide) groups is 2. The number of amides is 2. The topological polar surface area (TPSA) is 98.0 Å². The van der Waals surface area contributed by atoms with Crippen molar-refractivity contribution in [2.45, 2.75) is 20.9 Å². The molecule has 2 rings (SSSR count). The van der Waals surface area contributed by atoms with Crippen molar-refractivity contribution < 1.29 is 14.0 Å². The zero-order valence-corrected chi connectivity index (χ0v) is 14.4. The molecule has 0 radical (unpaired) electrons. The summed E-state index contributed by atoms with van der Waals surface area (Å²) in [6.07, 6.45) is 0. The summed E-state index contributed by atoms with van der Waals surface area (Å²) in [7, 11) is 0. The van der Waals surface area contributed by atoms with Gasteiger partial charge in [0.15, 0.2) is 8.68 Å². The van der Waals surface area contributed by atoms with Crippen LogP contribution < -0.4 is 11.1 Å². The van der Waals surface area contributed by atoms with Gasteiger partial charge in [-0.3, -0.25) is 9.59 Å². The van der Waals surface area contributed by atoms with E-state index in [1.807, 2.05) is 0 Å². The first-order valence-corrected chi connectivity index (χ1v) is 9.10. The first-order chi connectivity index (χ1) is 10.9. The lowest BCUT2D eigenvalue weighted by atomic mass is 10.3. The van der Waals surface area contributed by atoms with E-state index >= 15 is 0 Å². The summed E-state index contributed by atoms with van der Waals surface area (Å²) in [6.45, 7) is 1.72. The number of rotatable bonds is 7. The zero-order valence-electron chi connectivity index (χ0n) is 12.0. The minimum Gasteiger partial charge on any atom is -0.369 e. The summed E-state index contributed by atoms with van der Waals surface area (Å²) in [5.74, 6) is -0.970. The highest BCUT2D eigenvalue weighted by Gasteiger charge is 2.17. The number of primary amides is 1. The first kappa shape index (κ1) is 17.7. The highest BCUT2D eigenvalue weighted by Crippen LogP contribution is 2.31. The van der Waals surface area contributed by atoms with Gasteiger partial charge in [0.05, 0.1) is 11.0 Å². The standard InChI is InChI=1S/C13H13FN4O2S3/c1-7(11(20)16-9-4-2-3-8(14)5-9)22-13-18-17-12(23-13)21-6-10(15)19/h2-5,7H,6H2,1H3,(H2,15,19)(H,16,20)/t7-/m1/s1. The molecule has 2 aromatic rings. The van der Waals surface area contributed by atoms with Crippen LogP contribution in [0, 0.1) is 5.82 Å². The Bertz CT molecular complexity index is 710. The molecule has 0 aliphatic heterocycles. The molecule has 0 aliphatic rings. The van der Waals surface area contributed by atoms with Gasteiger partial charge in [-0.25, -0.2) is 4.39 Å². The van der Waals surface area contributed by atoms with Gasteiger partial charge in [0, 0.05) is 5.69 Å². The maximum atomic E-state index is 13.1. The quantitative estimate of drug-likeness (QED) is 0.724. The van der Waals surface area contributed by atoms with E-state index in [-0.39, 0.29) is 11.7 Å². The van der Waals surface area contributed by atoms with Gasteiger partial charge in [-0.15, -0.1) is 10.2 Å². The van der Waals surface area contributed by atoms with Gasteiger partial charge < -0.3 is 11.1 Å². The molecular formula is C13H13FN4O2S3. The van der Waals surface area contributed by atoms with Crippen molar-refractivity contribution in [1.82, 2.24) is 10.2 Å². The second-order valence-electron chi connectivity index (χ2n) is 4.35. The second kappa shape index (κ2) is 8.27. The molecule has 0 saturated carbocycles. The summed E-state index contributed by atoms with van der Waals surface area (Å²) >= 11 is 3.73. The number of hydrogen-bond donors (Lipinski definition) is 2. The van der Waals surface area contributed by atoms with Crippen LogP contribution in [0.3, 0.4) is 0 Å². The van der Waals surface area contributed by atoms with Crippen LogP contribution in [0.25, 0.3) is 0 Å². The van der Waals surface area contributed by atoms with Crippen molar-refractivity contribution in [3.63, 3.8) is 0 Å². The van der Waals surface area contributed by atoms with Crippen molar-refractivity contribution >= 4 is 52.4 Å². The lowest BCUT2D eigenvalue weighted by Gasteiger charge is -2.10. The maximum absolute atomic E-state index is 13.1. The van der Waals surface area contributed by atoms with Crippen LogP contribution in [-0.2, 0) is 9.59 Å². The van der Waals surface area contributed by atoms with E-state index in [1.165, 1.54) is 53.1 Å². The molecule has 1 aromatic carbocycles. The van der Waals surface area contributed by atoms with Crippen molar-refractivity contribution in [3.05, 3.63) is 30.1 Å². The first-order valence-electron chi connectivity index (χ1n) is 6.41. The molecule has 0 aliphatic carbocycles. The fraction of sp³-hybridized carbons (Fsp3) is 0.231. The number of nitrogens with zero attached hydrogens (tertiary/aromatic N) is 2. The lowest BCUT2D eigenvalue weighted by molar-refractivity contribution is -0.116. The molecule has 6 nitrogen and oxygen atoms in total. The van der Waals surface area contributed by atoms with E-state index in [0.29, 0.717) is 14.4 Å². The van der Waals surface area contributed by atoms with Gasteiger partial charge in [0.2, 0.25) is 11.8 Å². The normalized spacial score (nSPS) is 11.9. The van der Waals surface area contributed by atoms with Gasteiger partial charge in [0.1, 0.15) is 5.82 Å². The molecule has 0 spiro atoms. The Hall–Kier alpha value is -1.65. The molecule has 1 heterocycles. The van der Waals surface area contributed by atoms with E-state index in [9.17, 15) is 14.0 Å². The Kier molecular flexibility index (Phi) is 6.37. The number of aromatic nitrogens is 2. The van der Waals surface area contributed by atoms with Crippen LogP contribution in [0.1, 0.15) is 6.92 Å². The van der Waals surface area contributed by atoms with Crippen LogP contribution in [0.15, 0.2) is 32.9 Å². The van der Waals surface area contributed by atoms with E-state index in [4.69, 9.17) is 5.73 Å². The molecule has 0 fully saturated rings. The molecule has 0 saturated heterocycles. The van der Waals surface area contributed by atoms with Gasteiger partial charge in [-0.2, -0.15) is 0 Å². The molecule has 3 N–H and O–H groups in total.